The number of benzene rings is 1. The van der Waals surface area contributed by atoms with E-state index in [9.17, 15) is 4.79 Å². The Balaban J connectivity index is 2.32. The molecule has 1 aromatic heterocycles. The van der Waals surface area contributed by atoms with Crippen LogP contribution in [0.1, 0.15) is 23.1 Å². The summed E-state index contributed by atoms with van der Waals surface area (Å²) in [7, 11) is 0. The highest BCUT2D eigenvalue weighted by Crippen LogP contribution is 2.24. The molecule has 0 aliphatic carbocycles. The molecule has 1 amide bonds. The molecule has 20 heavy (non-hydrogen) atoms. The van der Waals surface area contributed by atoms with E-state index in [0.29, 0.717) is 28.8 Å². The van der Waals surface area contributed by atoms with E-state index in [2.05, 4.69) is 15.3 Å². The summed E-state index contributed by atoms with van der Waals surface area (Å²) in [5.74, 6) is 1.45. The van der Waals surface area contributed by atoms with E-state index in [0.717, 1.165) is 6.54 Å². The topological polar surface area (TPSA) is 90.1 Å². The van der Waals surface area contributed by atoms with E-state index >= 15 is 0 Å². The quantitative estimate of drug-likeness (QED) is 0.870. The van der Waals surface area contributed by atoms with Crippen LogP contribution in [-0.2, 0) is 0 Å². The Bertz CT molecular complexity index is 628. The van der Waals surface area contributed by atoms with Gasteiger partial charge in [0.2, 0.25) is 5.88 Å². The maximum absolute atomic E-state index is 11.3. The number of ether oxygens (including phenoxy) is 1. The average Bonchev–Trinajstić information content (AvgIpc) is 2.38. The van der Waals surface area contributed by atoms with Gasteiger partial charge in [0.05, 0.1) is 5.56 Å². The smallest absolute Gasteiger partial charge is 0.252 e. The summed E-state index contributed by atoms with van der Waals surface area (Å²) in [6, 6.07) is 8.44. The third-order valence-corrected chi connectivity index (χ3v) is 2.54. The van der Waals surface area contributed by atoms with Crippen LogP contribution in [0.2, 0.25) is 0 Å². The molecule has 0 unspecified atom stereocenters. The van der Waals surface area contributed by atoms with E-state index in [1.54, 1.807) is 37.3 Å². The van der Waals surface area contributed by atoms with E-state index in [1.165, 1.54) is 0 Å². The van der Waals surface area contributed by atoms with Crippen molar-refractivity contribution in [2.24, 2.45) is 5.73 Å². The van der Waals surface area contributed by atoms with Crippen LogP contribution >= 0.6 is 0 Å². The number of aromatic nitrogens is 2. The zero-order valence-electron chi connectivity index (χ0n) is 11.4. The monoisotopic (exact) mass is 272 g/mol. The molecule has 0 radical (unpaired) electrons. The van der Waals surface area contributed by atoms with Gasteiger partial charge in [0, 0.05) is 12.6 Å². The van der Waals surface area contributed by atoms with Gasteiger partial charge in [-0.3, -0.25) is 4.79 Å². The zero-order chi connectivity index (χ0) is 14.5. The first-order valence-electron chi connectivity index (χ1n) is 6.26. The number of carbonyl (C=O) groups excluding carboxylic acids is 1. The number of carbonyl (C=O) groups is 1. The highest BCUT2D eigenvalue weighted by atomic mass is 16.5. The van der Waals surface area contributed by atoms with Crippen LogP contribution in [0.3, 0.4) is 0 Å². The molecule has 2 aromatic rings. The Morgan fingerprint density at radius 2 is 2.10 bits per heavy atom. The second-order valence-corrected chi connectivity index (χ2v) is 4.13. The molecule has 1 heterocycles. The van der Waals surface area contributed by atoms with E-state index in [-0.39, 0.29) is 0 Å². The molecule has 0 bridgehead atoms. The Morgan fingerprint density at radius 3 is 2.80 bits per heavy atom. The minimum Gasteiger partial charge on any atom is -0.438 e. The summed E-state index contributed by atoms with van der Waals surface area (Å²) in [5, 5.41) is 3.09. The standard InChI is InChI=1S/C14H16N4O2/c1-3-16-12-8-13(18-9(2)17-12)20-11-7-5-4-6-10(11)14(15)19/h4-8H,3H2,1-2H3,(H2,15,19)(H,16,17,18). The summed E-state index contributed by atoms with van der Waals surface area (Å²) in [5.41, 5.74) is 5.63. The van der Waals surface area contributed by atoms with Crippen molar-refractivity contribution in [3.63, 3.8) is 0 Å². The molecule has 0 aliphatic rings. The normalized spacial score (nSPS) is 10.1. The number of para-hydroxylation sites is 1. The third-order valence-electron chi connectivity index (χ3n) is 2.54. The lowest BCUT2D eigenvalue weighted by Crippen LogP contribution is -2.12. The third kappa shape index (κ3) is 3.23. The first kappa shape index (κ1) is 13.8. The molecule has 1 aromatic carbocycles. The van der Waals surface area contributed by atoms with Crippen molar-refractivity contribution in [1.82, 2.24) is 9.97 Å². The maximum Gasteiger partial charge on any atom is 0.252 e. The number of aryl methyl sites for hydroxylation is 1. The van der Waals surface area contributed by atoms with Gasteiger partial charge in [0.25, 0.3) is 5.91 Å². The molecule has 6 heteroatoms. The lowest BCUT2D eigenvalue weighted by Gasteiger charge is -2.10. The van der Waals surface area contributed by atoms with Crippen LogP contribution < -0.4 is 15.8 Å². The Hall–Kier alpha value is -2.63. The van der Waals surface area contributed by atoms with E-state index in [1.807, 2.05) is 6.92 Å². The number of nitrogens with one attached hydrogen (secondary N) is 1. The fourth-order valence-electron chi connectivity index (χ4n) is 1.74. The van der Waals surface area contributed by atoms with Gasteiger partial charge in [-0.25, -0.2) is 4.98 Å². The maximum atomic E-state index is 11.3. The van der Waals surface area contributed by atoms with Crippen molar-refractivity contribution in [2.75, 3.05) is 11.9 Å². The van der Waals surface area contributed by atoms with Crippen LogP contribution in [0.4, 0.5) is 5.82 Å². The summed E-state index contributed by atoms with van der Waals surface area (Å²) in [6.07, 6.45) is 0. The molecule has 104 valence electrons. The number of nitrogens with two attached hydrogens (primary N) is 1. The number of hydrogen-bond acceptors (Lipinski definition) is 5. The van der Waals surface area contributed by atoms with Gasteiger partial charge >= 0.3 is 0 Å². The lowest BCUT2D eigenvalue weighted by atomic mass is 10.2. The van der Waals surface area contributed by atoms with Crippen molar-refractivity contribution in [1.29, 1.82) is 0 Å². The van der Waals surface area contributed by atoms with Crippen molar-refractivity contribution in [3.8, 4) is 11.6 Å². The number of primary amides is 1. The number of hydrogen-bond donors (Lipinski definition) is 2. The fourth-order valence-corrected chi connectivity index (χ4v) is 1.74. The molecule has 0 fully saturated rings. The van der Waals surface area contributed by atoms with Crippen LogP contribution in [0, 0.1) is 6.92 Å². The SMILES string of the molecule is CCNc1cc(Oc2ccccc2C(N)=O)nc(C)n1. The Morgan fingerprint density at radius 1 is 1.35 bits per heavy atom. The minimum atomic E-state index is -0.543. The van der Waals surface area contributed by atoms with Gasteiger partial charge in [0.15, 0.2) is 0 Å². The Kier molecular flexibility index (Phi) is 4.14. The molecule has 6 nitrogen and oxygen atoms in total. The van der Waals surface area contributed by atoms with Gasteiger partial charge in [-0.15, -0.1) is 0 Å². The van der Waals surface area contributed by atoms with Gasteiger partial charge in [-0.05, 0) is 26.0 Å². The average molecular weight is 272 g/mol. The molecule has 0 atom stereocenters. The largest absolute Gasteiger partial charge is 0.438 e. The molecule has 3 N–H and O–H groups in total. The van der Waals surface area contributed by atoms with Crippen LogP contribution in [0.25, 0.3) is 0 Å². The zero-order valence-corrected chi connectivity index (χ0v) is 11.4. The highest BCUT2D eigenvalue weighted by molar-refractivity contribution is 5.95. The van der Waals surface area contributed by atoms with Crippen molar-refractivity contribution < 1.29 is 9.53 Å². The molecule has 0 spiro atoms. The summed E-state index contributed by atoms with van der Waals surface area (Å²) in [4.78, 5) is 19.8. The number of rotatable bonds is 5. The van der Waals surface area contributed by atoms with E-state index in [4.69, 9.17) is 10.5 Å². The molecule has 0 saturated heterocycles. The molecular weight excluding hydrogens is 256 g/mol. The second-order valence-electron chi connectivity index (χ2n) is 4.13. The Labute approximate surface area is 117 Å². The predicted molar refractivity (Wildman–Crippen MR) is 76.0 cm³/mol. The number of amides is 1. The minimum absolute atomic E-state index is 0.314. The molecule has 0 saturated carbocycles. The van der Waals surface area contributed by atoms with Gasteiger partial charge < -0.3 is 15.8 Å². The first-order valence-corrected chi connectivity index (χ1v) is 6.26. The van der Waals surface area contributed by atoms with Crippen molar-refractivity contribution >= 4 is 11.7 Å². The van der Waals surface area contributed by atoms with Crippen molar-refractivity contribution in [2.45, 2.75) is 13.8 Å². The van der Waals surface area contributed by atoms with Gasteiger partial charge in [-0.1, -0.05) is 12.1 Å². The van der Waals surface area contributed by atoms with E-state index < -0.39 is 5.91 Å². The summed E-state index contributed by atoms with van der Waals surface area (Å²) < 4.78 is 5.65. The van der Waals surface area contributed by atoms with Gasteiger partial charge in [-0.2, -0.15) is 4.98 Å². The number of anilines is 1. The fraction of sp³-hybridized carbons (Fsp3) is 0.214. The van der Waals surface area contributed by atoms with Crippen LogP contribution in [0.5, 0.6) is 11.6 Å². The first-order chi connectivity index (χ1) is 9.60. The molecule has 0 aliphatic heterocycles. The lowest BCUT2D eigenvalue weighted by molar-refractivity contribution is 0.0998. The molecule has 2 rings (SSSR count). The van der Waals surface area contributed by atoms with Crippen LogP contribution in [-0.4, -0.2) is 22.4 Å². The summed E-state index contributed by atoms with van der Waals surface area (Å²) >= 11 is 0. The molecular formula is C14H16N4O2. The van der Waals surface area contributed by atoms with Gasteiger partial charge in [0.1, 0.15) is 17.4 Å². The summed E-state index contributed by atoms with van der Waals surface area (Å²) in [6.45, 7) is 4.49. The predicted octanol–water partition coefficient (Wildman–Crippen LogP) is 2.11. The second kappa shape index (κ2) is 6.01. The number of nitrogens with zero attached hydrogens (tertiary/aromatic N) is 2. The van der Waals surface area contributed by atoms with Crippen molar-refractivity contribution in [3.05, 3.63) is 41.7 Å². The highest BCUT2D eigenvalue weighted by Gasteiger charge is 2.11. The van der Waals surface area contributed by atoms with Crippen LogP contribution in [0.15, 0.2) is 30.3 Å².